The van der Waals surface area contributed by atoms with Gasteiger partial charge in [0.15, 0.2) is 5.01 Å². The molecule has 1 saturated heterocycles. The minimum absolute atomic E-state index is 0.0607. The van der Waals surface area contributed by atoms with Crippen molar-refractivity contribution in [1.29, 1.82) is 0 Å². The van der Waals surface area contributed by atoms with Gasteiger partial charge in [-0.2, -0.15) is 0 Å². The molecular formula is C14H21N3O2S. The van der Waals surface area contributed by atoms with Crippen molar-refractivity contribution in [2.45, 2.75) is 46.1 Å². The van der Waals surface area contributed by atoms with Crippen molar-refractivity contribution in [2.75, 3.05) is 6.54 Å². The smallest absolute Gasteiger partial charge is 0.277 e. The molecule has 1 fully saturated rings. The number of carbonyl (C=O) groups is 2. The van der Waals surface area contributed by atoms with Crippen LogP contribution in [-0.2, 0) is 6.42 Å². The zero-order valence-corrected chi connectivity index (χ0v) is 13.0. The zero-order valence-electron chi connectivity index (χ0n) is 12.2. The van der Waals surface area contributed by atoms with Gasteiger partial charge in [0.2, 0.25) is 0 Å². The second-order valence-electron chi connectivity index (χ2n) is 5.74. The molecule has 1 aliphatic heterocycles. The second-order valence-corrected chi connectivity index (χ2v) is 6.83. The summed E-state index contributed by atoms with van der Waals surface area (Å²) in [5.41, 5.74) is 5.71. The molecule has 2 N–H and O–H groups in total. The largest absolute Gasteiger partial charge is 0.364 e. The van der Waals surface area contributed by atoms with Crippen molar-refractivity contribution in [3.05, 3.63) is 15.6 Å². The highest BCUT2D eigenvalue weighted by Gasteiger charge is 2.30. The van der Waals surface area contributed by atoms with Gasteiger partial charge in [-0.05, 0) is 32.1 Å². The van der Waals surface area contributed by atoms with E-state index in [1.54, 1.807) is 0 Å². The van der Waals surface area contributed by atoms with Crippen LogP contribution in [0.5, 0.6) is 0 Å². The molecule has 1 aromatic heterocycles. The summed E-state index contributed by atoms with van der Waals surface area (Å²) >= 11 is 1.25. The third-order valence-corrected chi connectivity index (χ3v) is 4.61. The molecular weight excluding hydrogens is 274 g/mol. The van der Waals surface area contributed by atoms with Crippen LogP contribution in [0, 0.1) is 5.92 Å². The van der Waals surface area contributed by atoms with Gasteiger partial charge in [0.05, 0.1) is 0 Å². The number of nitrogens with zero attached hydrogens (tertiary/aromatic N) is 2. The Morgan fingerprint density at radius 2 is 2.20 bits per heavy atom. The minimum Gasteiger partial charge on any atom is -0.364 e. The van der Waals surface area contributed by atoms with E-state index in [-0.39, 0.29) is 17.0 Å². The summed E-state index contributed by atoms with van der Waals surface area (Å²) in [6, 6.07) is 0.244. The van der Waals surface area contributed by atoms with E-state index in [4.69, 9.17) is 5.73 Å². The number of carbonyl (C=O) groups excluding carboxylic acids is 2. The molecule has 6 heteroatoms. The maximum Gasteiger partial charge on any atom is 0.277 e. The van der Waals surface area contributed by atoms with E-state index >= 15 is 0 Å². The SMILES string of the molecule is CC(C)Cc1sc(C(N)=O)nc1C(=O)N1CCCC1C. The fourth-order valence-corrected chi connectivity index (χ4v) is 3.62. The van der Waals surface area contributed by atoms with Gasteiger partial charge in [0, 0.05) is 17.5 Å². The number of rotatable bonds is 4. The summed E-state index contributed by atoms with van der Waals surface area (Å²) in [4.78, 5) is 30.8. The molecule has 0 saturated carbocycles. The number of primary amides is 1. The Labute approximate surface area is 123 Å². The van der Waals surface area contributed by atoms with Crippen molar-refractivity contribution < 1.29 is 9.59 Å². The van der Waals surface area contributed by atoms with Crippen molar-refractivity contribution >= 4 is 23.2 Å². The molecule has 5 nitrogen and oxygen atoms in total. The molecule has 0 spiro atoms. The van der Waals surface area contributed by atoms with E-state index in [2.05, 4.69) is 18.8 Å². The summed E-state index contributed by atoms with van der Waals surface area (Å²) in [6.07, 6.45) is 2.80. The summed E-state index contributed by atoms with van der Waals surface area (Å²) in [5, 5.41) is 0.232. The van der Waals surface area contributed by atoms with Gasteiger partial charge in [0.25, 0.3) is 11.8 Å². The highest BCUT2D eigenvalue weighted by atomic mass is 32.1. The van der Waals surface area contributed by atoms with Gasteiger partial charge in [0.1, 0.15) is 5.69 Å². The Balaban J connectivity index is 2.33. The van der Waals surface area contributed by atoms with E-state index in [0.717, 1.165) is 30.7 Å². The van der Waals surface area contributed by atoms with E-state index in [9.17, 15) is 9.59 Å². The fraction of sp³-hybridized carbons (Fsp3) is 0.643. The average molecular weight is 295 g/mol. The van der Waals surface area contributed by atoms with Crippen LogP contribution in [0.3, 0.4) is 0 Å². The lowest BCUT2D eigenvalue weighted by Gasteiger charge is -2.21. The molecule has 0 aliphatic carbocycles. The van der Waals surface area contributed by atoms with Gasteiger partial charge in [-0.25, -0.2) is 4.98 Å². The van der Waals surface area contributed by atoms with Crippen molar-refractivity contribution in [2.24, 2.45) is 11.7 Å². The molecule has 110 valence electrons. The Morgan fingerprint density at radius 3 is 2.70 bits per heavy atom. The molecule has 2 rings (SSSR count). The lowest BCUT2D eigenvalue weighted by Crippen LogP contribution is -2.34. The Bertz CT molecular complexity index is 524. The van der Waals surface area contributed by atoms with Crippen LogP contribution in [0.4, 0.5) is 0 Å². The topological polar surface area (TPSA) is 76.3 Å². The Kier molecular flexibility index (Phi) is 4.42. The average Bonchev–Trinajstić information content (AvgIpc) is 2.94. The van der Waals surface area contributed by atoms with E-state index in [1.165, 1.54) is 11.3 Å². The Hall–Kier alpha value is -1.43. The Morgan fingerprint density at radius 1 is 1.50 bits per heavy atom. The molecule has 20 heavy (non-hydrogen) atoms. The van der Waals surface area contributed by atoms with Crippen molar-refractivity contribution in [3.8, 4) is 0 Å². The quantitative estimate of drug-likeness (QED) is 0.923. The van der Waals surface area contributed by atoms with Crippen molar-refractivity contribution in [3.63, 3.8) is 0 Å². The number of amides is 2. The molecule has 1 atom stereocenters. The molecule has 2 heterocycles. The zero-order chi connectivity index (χ0) is 14.9. The first kappa shape index (κ1) is 15.0. The minimum atomic E-state index is -0.562. The molecule has 0 aromatic carbocycles. The number of hydrogen-bond acceptors (Lipinski definition) is 4. The highest BCUT2D eigenvalue weighted by Crippen LogP contribution is 2.26. The molecule has 0 bridgehead atoms. The van der Waals surface area contributed by atoms with Gasteiger partial charge in [-0.15, -0.1) is 11.3 Å². The molecule has 0 radical (unpaired) electrons. The van der Waals surface area contributed by atoms with E-state index in [0.29, 0.717) is 11.6 Å². The van der Waals surface area contributed by atoms with Gasteiger partial charge < -0.3 is 10.6 Å². The number of hydrogen-bond donors (Lipinski definition) is 1. The highest BCUT2D eigenvalue weighted by molar-refractivity contribution is 7.13. The standard InChI is InChI=1S/C14H21N3O2S/c1-8(2)7-10-11(16-13(20-10)12(15)18)14(19)17-6-4-5-9(17)3/h8-9H,4-7H2,1-3H3,(H2,15,18). The van der Waals surface area contributed by atoms with Crippen LogP contribution in [0.25, 0.3) is 0 Å². The molecule has 2 amide bonds. The first-order valence-electron chi connectivity index (χ1n) is 7.00. The summed E-state index contributed by atoms with van der Waals surface area (Å²) < 4.78 is 0. The lowest BCUT2D eigenvalue weighted by molar-refractivity contribution is 0.0741. The predicted molar refractivity (Wildman–Crippen MR) is 78.9 cm³/mol. The predicted octanol–water partition coefficient (Wildman–Crippen LogP) is 2.07. The van der Waals surface area contributed by atoms with Crippen LogP contribution < -0.4 is 5.73 Å². The maximum atomic E-state index is 12.6. The van der Waals surface area contributed by atoms with Crippen LogP contribution in [0.15, 0.2) is 0 Å². The van der Waals surface area contributed by atoms with Gasteiger partial charge in [-0.1, -0.05) is 13.8 Å². The normalized spacial score (nSPS) is 18.8. The number of likely N-dealkylation sites (tertiary alicyclic amines) is 1. The van der Waals surface area contributed by atoms with Crippen LogP contribution >= 0.6 is 11.3 Å². The number of thiazole rings is 1. The first-order valence-corrected chi connectivity index (χ1v) is 7.82. The van der Waals surface area contributed by atoms with Crippen LogP contribution in [-0.4, -0.2) is 34.3 Å². The monoisotopic (exact) mass is 295 g/mol. The third kappa shape index (κ3) is 3.00. The summed E-state index contributed by atoms with van der Waals surface area (Å²) in [6.45, 7) is 6.98. The summed E-state index contributed by atoms with van der Waals surface area (Å²) in [7, 11) is 0. The van der Waals surface area contributed by atoms with Crippen molar-refractivity contribution in [1.82, 2.24) is 9.88 Å². The third-order valence-electron chi connectivity index (χ3n) is 3.52. The second kappa shape index (κ2) is 5.91. The van der Waals surface area contributed by atoms with Gasteiger partial charge >= 0.3 is 0 Å². The number of aromatic nitrogens is 1. The molecule has 1 aromatic rings. The van der Waals surface area contributed by atoms with E-state index < -0.39 is 5.91 Å². The first-order chi connectivity index (χ1) is 9.40. The lowest BCUT2D eigenvalue weighted by atomic mass is 10.1. The summed E-state index contributed by atoms with van der Waals surface area (Å²) in [5.74, 6) is -0.221. The molecule has 1 aliphatic rings. The van der Waals surface area contributed by atoms with Gasteiger partial charge in [-0.3, -0.25) is 9.59 Å². The number of nitrogens with two attached hydrogens (primary N) is 1. The fourth-order valence-electron chi connectivity index (χ4n) is 2.50. The van der Waals surface area contributed by atoms with E-state index in [1.807, 2.05) is 11.8 Å². The van der Waals surface area contributed by atoms with Crippen LogP contribution in [0.1, 0.15) is 58.8 Å². The molecule has 1 unspecified atom stereocenters. The van der Waals surface area contributed by atoms with Crippen LogP contribution in [0.2, 0.25) is 0 Å². The maximum absolute atomic E-state index is 12.6.